The largest absolute Gasteiger partial charge is 0.497 e. The molecule has 0 amide bonds. The van der Waals surface area contributed by atoms with Gasteiger partial charge in [-0.3, -0.25) is 0 Å². The molecule has 0 aromatic carbocycles. The highest BCUT2D eigenvalue weighted by molar-refractivity contribution is 5.19. The molecule has 0 fully saturated rings. The smallest absolute Gasteiger partial charge is 0.111 e. The molecule has 2 heteroatoms. The van der Waals surface area contributed by atoms with Gasteiger partial charge < -0.3 is 9.64 Å². The van der Waals surface area contributed by atoms with Crippen LogP contribution in [0.3, 0.4) is 0 Å². The Balaban J connectivity index is -0.000000376. The van der Waals surface area contributed by atoms with E-state index < -0.39 is 0 Å². The summed E-state index contributed by atoms with van der Waals surface area (Å²) in [5.41, 5.74) is 0.954. The molecule has 0 rings (SSSR count). The van der Waals surface area contributed by atoms with Gasteiger partial charge in [-0.15, -0.1) is 0 Å². The Labute approximate surface area is 102 Å². The summed E-state index contributed by atoms with van der Waals surface area (Å²) >= 11 is 0. The Morgan fingerprint density at radius 2 is 1.56 bits per heavy atom. The molecule has 0 aromatic rings. The van der Waals surface area contributed by atoms with Crippen molar-refractivity contribution in [1.82, 2.24) is 4.90 Å². The fourth-order valence-corrected chi connectivity index (χ4v) is 0.588. The summed E-state index contributed by atoms with van der Waals surface area (Å²) in [7, 11) is 3.58. The highest BCUT2D eigenvalue weighted by Gasteiger charge is 1.93. The SMILES string of the molecule is C=C(/C=C\C(=C)N(C)CC)OC.CC.CC. The van der Waals surface area contributed by atoms with Gasteiger partial charge in [0.25, 0.3) is 0 Å². The third kappa shape index (κ3) is 12.8. The lowest BCUT2D eigenvalue weighted by atomic mass is 10.3. The molecule has 0 aromatic heterocycles. The molecule has 0 aliphatic carbocycles. The molecule has 0 atom stereocenters. The zero-order valence-corrected chi connectivity index (χ0v) is 12.1. The van der Waals surface area contributed by atoms with E-state index in [1.807, 2.05) is 45.7 Å². The highest BCUT2D eigenvalue weighted by Crippen LogP contribution is 2.02. The predicted molar refractivity (Wildman–Crippen MR) is 75.4 cm³/mol. The van der Waals surface area contributed by atoms with Crippen molar-refractivity contribution >= 4 is 0 Å². The van der Waals surface area contributed by atoms with Gasteiger partial charge in [-0.2, -0.15) is 0 Å². The molecule has 96 valence electrons. The maximum Gasteiger partial charge on any atom is 0.111 e. The van der Waals surface area contributed by atoms with Gasteiger partial charge in [-0.1, -0.05) is 40.9 Å². The van der Waals surface area contributed by atoms with Crippen LogP contribution in [0.4, 0.5) is 0 Å². The van der Waals surface area contributed by atoms with Crippen LogP contribution >= 0.6 is 0 Å². The topological polar surface area (TPSA) is 12.5 Å². The van der Waals surface area contributed by atoms with E-state index in [2.05, 4.69) is 20.1 Å². The van der Waals surface area contributed by atoms with Gasteiger partial charge in [-0.05, 0) is 19.1 Å². The number of ether oxygens (including phenoxy) is 1. The van der Waals surface area contributed by atoms with Crippen molar-refractivity contribution in [1.29, 1.82) is 0 Å². The molecule has 2 nitrogen and oxygen atoms in total. The van der Waals surface area contributed by atoms with Gasteiger partial charge >= 0.3 is 0 Å². The van der Waals surface area contributed by atoms with Crippen molar-refractivity contribution in [2.75, 3.05) is 20.7 Å². The molecule has 0 unspecified atom stereocenters. The summed E-state index contributed by atoms with van der Waals surface area (Å²) in [4.78, 5) is 2.04. The van der Waals surface area contributed by atoms with Crippen LogP contribution < -0.4 is 0 Å². The number of hydrogen-bond acceptors (Lipinski definition) is 2. The minimum Gasteiger partial charge on any atom is -0.497 e. The maximum atomic E-state index is 4.87. The molecule has 0 aliphatic heterocycles. The number of allylic oxidation sites excluding steroid dienone is 2. The monoisotopic (exact) mass is 227 g/mol. The first kappa shape index (κ1) is 20.3. The van der Waals surface area contributed by atoms with Gasteiger partial charge in [0, 0.05) is 19.3 Å². The Morgan fingerprint density at radius 3 is 1.88 bits per heavy atom. The van der Waals surface area contributed by atoms with Crippen molar-refractivity contribution in [3.8, 4) is 0 Å². The molecule has 0 saturated carbocycles. The van der Waals surface area contributed by atoms with Crippen LogP contribution in [0.2, 0.25) is 0 Å². The van der Waals surface area contributed by atoms with E-state index in [9.17, 15) is 0 Å². The van der Waals surface area contributed by atoms with Crippen LogP contribution in [0.25, 0.3) is 0 Å². The molecular formula is C14H29NO. The molecule has 0 bridgehead atoms. The van der Waals surface area contributed by atoms with Crippen molar-refractivity contribution in [2.24, 2.45) is 0 Å². The first-order valence-corrected chi connectivity index (χ1v) is 5.92. The van der Waals surface area contributed by atoms with Crippen LogP contribution in [0.5, 0.6) is 0 Å². The number of methoxy groups -OCH3 is 1. The third-order valence-electron chi connectivity index (χ3n) is 1.69. The number of nitrogens with zero attached hydrogens (tertiary/aromatic N) is 1. The lowest BCUT2D eigenvalue weighted by Gasteiger charge is -2.16. The van der Waals surface area contributed by atoms with Crippen molar-refractivity contribution < 1.29 is 4.74 Å². The summed E-state index contributed by atoms with van der Waals surface area (Å²) in [5, 5.41) is 0. The molecule has 0 spiro atoms. The summed E-state index contributed by atoms with van der Waals surface area (Å²) in [6, 6.07) is 0. The van der Waals surface area contributed by atoms with E-state index in [0.29, 0.717) is 5.76 Å². The van der Waals surface area contributed by atoms with Gasteiger partial charge in [0.2, 0.25) is 0 Å². The Hall–Kier alpha value is -1.18. The second-order valence-electron chi connectivity index (χ2n) is 2.51. The quantitative estimate of drug-likeness (QED) is 0.515. The van der Waals surface area contributed by atoms with Crippen LogP contribution in [0.1, 0.15) is 34.6 Å². The average Bonchev–Trinajstić information content (AvgIpc) is 2.38. The Morgan fingerprint density at radius 1 is 1.12 bits per heavy atom. The first-order valence-electron chi connectivity index (χ1n) is 5.92. The van der Waals surface area contributed by atoms with E-state index in [0.717, 1.165) is 12.2 Å². The van der Waals surface area contributed by atoms with Crippen molar-refractivity contribution in [3.63, 3.8) is 0 Å². The van der Waals surface area contributed by atoms with Crippen LogP contribution in [0.15, 0.2) is 36.8 Å². The molecule has 0 aliphatic rings. The predicted octanol–water partition coefficient (Wildman–Crippen LogP) is 4.22. The summed E-state index contributed by atoms with van der Waals surface area (Å²) in [6.07, 6.45) is 3.68. The van der Waals surface area contributed by atoms with Gasteiger partial charge in [0.1, 0.15) is 5.76 Å². The first-order chi connectivity index (χ1) is 7.61. The van der Waals surface area contributed by atoms with Gasteiger partial charge in [0.15, 0.2) is 0 Å². The average molecular weight is 227 g/mol. The summed E-state index contributed by atoms with van der Waals surface area (Å²) in [5.74, 6) is 0.639. The molecule has 0 saturated heterocycles. The lowest BCUT2D eigenvalue weighted by Crippen LogP contribution is -2.14. The van der Waals surface area contributed by atoms with Crippen molar-refractivity contribution in [2.45, 2.75) is 34.6 Å². The zero-order chi connectivity index (χ0) is 13.6. The Kier molecular flexibility index (Phi) is 20.6. The normalized spacial score (nSPS) is 8.19. The zero-order valence-electron chi connectivity index (χ0n) is 12.1. The van der Waals surface area contributed by atoms with E-state index >= 15 is 0 Å². The lowest BCUT2D eigenvalue weighted by molar-refractivity contribution is 0.308. The molecule has 0 heterocycles. The van der Waals surface area contributed by atoms with Gasteiger partial charge in [-0.25, -0.2) is 0 Å². The van der Waals surface area contributed by atoms with Crippen LogP contribution in [-0.2, 0) is 4.74 Å². The summed E-state index contributed by atoms with van der Waals surface area (Å²) in [6.45, 7) is 18.6. The summed E-state index contributed by atoms with van der Waals surface area (Å²) < 4.78 is 4.87. The van der Waals surface area contributed by atoms with Gasteiger partial charge in [0.05, 0.1) is 7.11 Å². The fraction of sp³-hybridized carbons (Fsp3) is 0.571. The van der Waals surface area contributed by atoms with E-state index in [-0.39, 0.29) is 0 Å². The number of likely N-dealkylation sites (N-methyl/N-ethyl adjacent to an activating group) is 1. The van der Waals surface area contributed by atoms with Crippen LogP contribution in [-0.4, -0.2) is 25.6 Å². The molecule has 0 N–H and O–H groups in total. The van der Waals surface area contributed by atoms with E-state index in [1.54, 1.807) is 13.2 Å². The second-order valence-corrected chi connectivity index (χ2v) is 2.51. The Bertz CT molecular complexity index is 195. The second kappa shape index (κ2) is 16.3. The van der Waals surface area contributed by atoms with Crippen LogP contribution in [0, 0.1) is 0 Å². The van der Waals surface area contributed by atoms with E-state index in [1.165, 1.54) is 0 Å². The standard InChI is InChI=1S/C10H17NO.2C2H6/c1-6-11(4)9(2)7-8-10(3)12-5;2*1-2/h7-8H,2-3,6H2,1,4-5H3;2*1-2H3/b8-7-;;. The molecular weight excluding hydrogens is 198 g/mol. The van der Waals surface area contributed by atoms with E-state index in [4.69, 9.17) is 4.74 Å². The maximum absolute atomic E-state index is 4.87. The molecule has 16 heavy (non-hydrogen) atoms. The number of hydrogen-bond donors (Lipinski definition) is 0. The molecule has 0 radical (unpaired) electrons. The third-order valence-corrected chi connectivity index (χ3v) is 1.69. The highest BCUT2D eigenvalue weighted by atomic mass is 16.5. The minimum absolute atomic E-state index is 0.639. The fourth-order valence-electron chi connectivity index (χ4n) is 0.588. The minimum atomic E-state index is 0.639. The number of rotatable bonds is 5. The van der Waals surface area contributed by atoms with Crippen molar-refractivity contribution in [3.05, 3.63) is 36.8 Å².